The lowest BCUT2D eigenvalue weighted by molar-refractivity contribution is 0.126. The Bertz CT molecular complexity index is 684. The van der Waals surface area contributed by atoms with Crippen molar-refractivity contribution >= 4 is 23.3 Å². The number of carbonyl (C=O) groups excluding carboxylic acids is 1. The maximum absolute atomic E-state index is 13.8. The summed E-state index contributed by atoms with van der Waals surface area (Å²) in [6.45, 7) is 1.78. The number of pyridine rings is 1. The van der Waals surface area contributed by atoms with Crippen LogP contribution in [0.25, 0.3) is 0 Å². The first kappa shape index (κ1) is 17.2. The average Bonchev–Trinajstić information content (AvgIpc) is 2.54. The second-order valence-corrected chi connectivity index (χ2v) is 5.28. The van der Waals surface area contributed by atoms with E-state index in [1.165, 1.54) is 24.4 Å². The molecule has 0 fully saturated rings. The Hall–Kier alpha value is -2.18. The van der Waals surface area contributed by atoms with Crippen LogP contribution < -0.4 is 10.6 Å². The first-order chi connectivity index (χ1) is 11.0. The molecular weight excluding hydrogens is 321 g/mol. The van der Waals surface area contributed by atoms with Crippen LogP contribution in [0.2, 0.25) is 5.15 Å². The van der Waals surface area contributed by atoms with Crippen LogP contribution in [0.3, 0.4) is 0 Å². The number of rotatable bonds is 5. The van der Waals surface area contributed by atoms with Gasteiger partial charge in [0.15, 0.2) is 5.15 Å². The van der Waals surface area contributed by atoms with E-state index in [1.54, 1.807) is 25.1 Å². The highest BCUT2D eigenvalue weighted by Gasteiger charge is 2.23. The topological polar surface area (TPSA) is 74.2 Å². The zero-order valence-corrected chi connectivity index (χ0v) is 13.2. The summed E-state index contributed by atoms with van der Waals surface area (Å²) >= 11 is 5.87. The molecule has 5 nitrogen and oxygen atoms in total. The number of amides is 2. The molecule has 1 aromatic carbocycles. The Balaban J connectivity index is 2.06. The van der Waals surface area contributed by atoms with Crippen molar-refractivity contribution < 1.29 is 14.3 Å². The summed E-state index contributed by atoms with van der Waals surface area (Å²) in [6.07, 6.45) is 0.766. The lowest BCUT2D eigenvalue weighted by Gasteiger charge is -2.23. The number of anilines is 1. The molecule has 0 saturated carbocycles. The highest BCUT2D eigenvalue weighted by atomic mass is 35.5. The fourth-order valence-corrected chi connectivity index (χ4v) is 2.31. The van der Waals surface area contributed by atoms with Crippen LogP contribution in [0.5, 0.6) is 0 Å². The third kappa shape index (κ3) is 4.40. The van der Waals surface area contributed by atoms with Gasteiger partial charge in [0.05, 0.1) is 11.7 Å². The van der Waals surface area contributed by atoms with E-state index in [-0.39, 0.29) is 10.7 Å². The van der Waals surface area contributed by atoms with E-state index < -0.39 is 24.0 Å². The maximum atomic E-state index is 13.8. The van der Waals surface area contributed by atoms with Crippen molar-refractivity contribution in [3.05, 3.63) is 59.1 Å². The van der Waals surface area contributed by atoms with E-state index >= 15 is 0 Å². The lowest BCUT2D eigenvalue weighted by atomic mass is 10.00. The van der Waals surface area contributed by atoms with Gasteiger partial charge >= 0.3 is 6.03 Å². The molecule has 23 heavy (non-hydrogen) atoms. The number of hydrogen-bond donors (Lipinski definition) is 3. The SMILES string of the molecule is CC[C@@H](NC(=O)Nc1cccnc1Cl)[C@H](O)c1ccccc1F. The number of hydrogen-bond acceptors (Lipinski definition) is 3. The zero-order chi connectivity index (χ0) is 16.8. The molecule has 0 bridgehead atoms. The van der Waals surface area contributed by atoms with Crippen molar-refractivity contribution in [1.82, 2.24) is 10.3 Å². The number of benzene rings is 1. The van der Waals surface area contributed by atoms with Crippen molar-refractivity contribution in [2.24, 2.45) is 0 Å². The van der Waals surface area contributed by atoms with Crippen molar-refractivity contribution in [2.45, 2.75) is 25.5 Å². The summed E-state index contributed by atoms with van der Waals surface area (Å²) in [6, 6.07) is 7.95. The lowest BCUT2D eigenvalue weighted by Crippen LogP contribution is -2.41. The summed E-state index contributed by atoms with van der Waals surface area (Å²) in [4.78, 5) is 15.9. The molecule has 0 unspecified atom stereocenters. The minimum absolute atomic E-state index is 0.138. The van der Waals surface area contributed by atoms with Gasteiger partial charge < -0.3 is 15.7 Å². The summed E-state index contributed by atoms with van der Waals surface area (Å²) in [5, 5.41) is 15.6. The minimum atomic E-state index is -1.16. The fourth-order valence-electron chi connectivity index (χ4n) is 2.14. The van der Waals surface area contributed by atoms with Gasteiger partial charge in [-0.3, -0.25) is 0 Å². The van der Waals surface area contributed by atoms with Crippen LogP contribution in [-0.4, -0.2) is 22.2 Å². The number of urea groups is 1. The van der Waals surface area contributed by atoms with Gasteiger partial charge in [-0.05, 0) is 24.6 Å². The quantitative estimate of drug-likeness (QED) is 0.731. The maximum Gasteiger partial charge on any atom is 0.319 e. The van der Waals surface area contributed by atoms with Gasteiger partial charge in [0.1, 0.15) is 11.9 Å². The van der Waals surface area contributed by atoms with Crippen LogP contribution in [0, 0.1) is 5.82 Å². The molecular formula is C16H17ClFN3O2. The van der Waals surface area contributed by atoms with E-state index in [4.69, 9.17) is 11.6 Å². The molecule has 2 aromatic rings. The first-order valence-electron chi connectivity index (χ1n) is 7.13. The number of aliphatic hydroxyl groups is 1. The van der Waals surface area contributed by atoms with E-state index in [9.17, 15) is 14.3 Å². The van der Waals surface area contributed by atoms with E-state index in [0.29, 0.717) is 12.1 Å². The predicted octanol–water partition coefficient (Wildman–Crippen LogP) is 3.51. The van der Waals surface area contributed by atoms with E-state index in [0.717, 1.165) is 0 Å². The number of aromatic nitrogens is 1. The van der Waals surface area contributed by atoms with Crippen molar-refractivity contribution in [3.8, 4) is 0 Å². The largest absolute Gasteiger partial charge is 0.386 e. The second kappa shape index (κ2) is 7.89. The summed E-state index contributed by atoms with van der Waals surface area (Å²) < 4.78 is 13.8. The highest BCUT2D eigenvalue weighted by molar-refractivity contribution is 6.32. The van der Waals surface area contributed by atoms with Crippen LogP contribution in [0.4, 0.5) is 14.9 Å². The Morgan fingerprint density at radius 2 is 2.09 bits per heavy atom. The molecule has 0 saturated heterocycles. The number of nitrogens with one attached hydrogen (secondary N) is 2. The molecule has 2 rings (SSSR count). The average molecular weight is 338 g/mol. The van der Waals surface area contributed by atoms with Gasteiger partial charge in [-0.15, -0.1) is 0 Å². The number of carbonyl (C=O) groups is 1. The molecule has 0 aliphatic rings. The van der Waals surface area contributed by atoms with Gasteiger partial charge in [-0.2, -0.15) is 0 Å². The second-order valence-electron chi connectivity index (χ2n) is 4.92. The van der Waals surface area contributed by atoms with Gasteiger partial charge in [-0.25, -0.2) is 14.2 Å². The number of halogens is 2. The van der Waals surface area contributed by atoms with Crippen molar-refractivity contribution in [1.29, 1.82) is 0 Å². The molecule has 0 radical (unpaired) electrons. The molecule has 7 heteroatoms. The van der Waals surface area contributed by atoms with Gasteiger partial charge in [0, 0.05) is 11.8 Å². The molecule has 3 N–H and O–H groups in total. The summed E-state index contributed by atoms with van der Waals surface area (Å²) in [7, 11) is 0. The number of aliphatic hydroxyl groups excluding tert-OH is 1. The van der Waals surface area contributed by atoms with Crippen LogP contribution in [-0.2, 0) is 0 Å². The Labute approximate surface area is 138 Å². The third-order valence-corrected chi connectivity index (χ3v) is 3.67. The molecule has 1 heterocycles. The Kier molecular flexibility index (Phi) is 5.90. The smallest absolute Gasteiger partial charge is 0.319 e. The van der Waals surface area contributed by atoms with Crippen molar-refractivity contribution in [3.63, 3.8) is 0 Å². The Morgan fingerprint density at radius 3 is 2.74 bits per heavy atom. The molecule has 2 amide bonds. The van der Waals surface area contributed by atoms with Crippen LogP contribution in [0.1, 0.15) is 25.0 Å². The van der Waals surface area contributed by atoms with Gasteiger partial charge in [-0.1, -0.05) is 36.7 Å². The fraction of sp³-hybridized carbons (Fsp3) is 0.250. The molecule has 2 atom stereocenters. The summed E-state index contributed by atoms with van der Waals surface area (Å²) in [5.74, 6) is -0.518. The Morgan fingerprint density at radius 1 is 1.35 bits per heavy atom. The van der Waals surface area contributed by atoms with E-state index in [2.05, 4.69) is 15.6 Å². The van der Waals surface area contributed by atoms with Gasteiger partial charge in [0.2, 0.25) is 0 Å². The van der Waals surface area contributed by atoms with Gasteiger partial charge in [0.25, 0.3) is 0 Å². The van der Waals surface area contributed by atoms with Crippen LogP contribution >= 0.6 is 11.6 Å². The van der Waals surface area contributed by atoms with E-state index in [1.807, 2.05) is 0 Å². The van der Waals surface area contributed by atoms with Crippen LogP contribution in [0.15, 0.2) is 42.6 Å². The third-order valence-electron chi connectivity index (χ3n) is 3.37. The minimum Gasteiger partial charge on any atom is -0.386 e. The first-order valence-corrected chi connectivity index (χ1v) is 7.51. The molecule has 1 aromatic heterocycles. The summed E-state index contributed by atoms with van der Waals surface area (Å²) in [5.41, 5.74) is 0.487. The zero-order valence-electron chi connectivity index (χ0n) is 12.5. The standard InChI is InChI=1S/C16H17ClFN3O2/c1-2-12(14(22)10-6-3-4-7-11(10)18)20-16(23)21-13-8-5-9-19-15(13)17/h3-9,12,14,22H,2H2,1H3,(H2,20,21,23)/t12-,14-/m1/s1. The molecule has 0 aliphatic heterocycles. The molecule has 0 aliphatic carbocycles. The number of nitrogens with zero attached hydrogens (tertiary/aromatic N) is 1. The predicted molar refractivity (Wildman–Crippen MR) is 86.8 cm³/mol. The van der Waals surface area contributed by atoms with Crippen molar-refractivity contribution in [2.75, 3.05) is 5.32 Å². The molecule has 122 valence electrons. The molecule has 0 spiro atoms. The monoisotopic (exact) mass is 337 g/mol. The highest BCUT2D eigenvalue weighted by Crippen LogP contribution is 2.22. The normalized spacial score (nSPS) is 13.2.